The highest BCUT2D eigenvalue weighted by molar-refractivity contribution is 6.17. The van der Waals surface area contributed by atoms with Crippen LogP contribution in [-0.4, -0.2) is 61.2 Å². The lowest BCUT2D eigenvalue weighted by Crippen LogP contribution is -2.54. The van der Waals surface area contributed by atoms with E-state index in [0.717, 1.165) is 55.3 Å². The molecule has 2 aromatic carbocycles. The third kappa shape index (κ3) is 4.43. The molecule has 0 bridgehead atoms. The normalized spacial score (nSPS) is 15.6. The van der Waals surface area contributed by atoms with Gasteiger partial charge >= 0.3 is 5.69 Å². The Morgan fingerprint density at radius 2 is 1.96 bits per heavy atom. The van der Waals surface area contributed by atoms with Gasteiger partial charge < -0.3 is 14.2 Å². The van der Waals surface area contributed by atoms with Crippen molar-refractivity contribution in [1.82, 2.24) is 29.6 Å². The number of amides is 1. The van der Waals surface area contributed by atoms with Gasteiger partial charge in [-0.1, -0.05) is 26.5 Å². The second-order valence-corrected chi connectivity index (χ2v) is 12.2. The number of nitrogens with zero attached hydrogens (tertiary/aromatic N) is 6. The topological polar surface area (TPSA) is 113 Å². The molecule has 0 spiro atoms. The van der Waals surface area contributed by atoms with Crippen molar-refractivity contribution in [1.29, 1.82) is 0 Å². The Hall–Kier alpha value is -5.25. The number of fused-ring (bicyclic) bond motifs is 4. The lowest BCUT2D eigenvalue weighted by atomic mass is 9.93. The number of carbonyl (C=O) groups is 1. The molecule has 0 unspecified atom stereocenters. The molecule has 1 aliphatic heterocycles. The third-order valence-corrected chi connectivity index (χ3v) is 8.99. The van der Waals surface area contributed by atoms with Crippen molar-refractivity contribution in [2.75, 3.05) is 24.5 Å². The zero-order valence-electron chi connectivity index (χ0n) is 26.1. The molecule has 1 saturated heterocycles. The minimum absolute atomic E-state index is 0.0609. The van der Waals surface area contributed by atoms with Crippen molar-refractivity contribution < 1.29 is 9.21 Å². The standard InChI is InChI=1S/C35H35N7O3/c1-7-28(43)40-13-14-41(22(6)18-40)34-30-27(42(35(44)38-34)32-21(5)10-12-36-31(32)19(2)3)16-24(23-11-15-45-33(23)30)29-20(4)8-9-26-25(29)17-37-39-26/h7-12,15-17,19,22H,1,13-14,18H2,2-6H3,(H,37,39)/t22-/m0/s1. The van der Waals surface area contributed by atoms with Crippen molar-refractivity contribution in [3.8, 4) is 16.8 Å². The highest BCUT2D eigenvalue weighted by Crippen LogP contribution is 2.43. The number of pyridine rings is 1. The third-order valence-electron chi connectivity index (χ3n) is 8.99. The number of nitrogens with one attached hydrogen (secondary N) is 1. The Balaban J connectivity index is 1.60. The van der Waals surface area contributed by atoms with Gasteiger partial charge in [0.1, 0.15) is 11.4 Å². The number of hydrogen-bond donors (Lipinski definition) is 1. The first-order valence-corrected chi connectivity index (χ1v) is 15.2. The fraction of sp³-hybridized carbons (Fsp3) is 0.286. The number of aromatic amines is 1. The van der Waals surface area contributed by atoms with E-state index in [-0.39, 0.29) is 17.9 Å². The van der Waals surface area contributed by atoms with Crippen LogP contribution in [0, 0.1) is 13.8 Å². The van der Waals surface area contributed by atoms with Gasteiger partial charge in [0.15, 0.2) is 0 Å². The molecule has 228 valence electrons. The van der Waals surface area contributed by atoms with E-state index >= 15 is 0 Å². The number of hydrogen-bond acceptors (Lipinski definition) is 7. The zero-order chi connectivity index (χ0) is 31.6. The number of benzene rings is 2. The fourth-order valence-corrected chi connectivity index (χ4v) is 6.81. The van der Waals surface area contributed by atoms with Crippen LogP contribution in [0.15, 0.2) is 70.9 Å². The second-order valence-electron chi connectivity index (χ2n) is 12.2. The minimum atomic E-state index is -0.401. The van der Waals surface area contributed by atoms with Gasteiger partial charge in [0.05, 0.1) is 40.3 Å². The van der Waals surface area contributed by atoms with Crippen molar-refractivity contribution in [2.24, 2.45) is 0 Å². The monoisotopic (exact) mass is 601 g/mol. The van der Waals surface area contributed by atoms with Crippen LogP contribution in [0.5, 0.6) is 0 Å². The highest BCUT2D eigenvalue weighted by atomic mass is 16.3. The molecule has 1 atom stereocenters. The number of anilines is 1. The van der Waals surface area contributed by atoms with Crippen LogP contribution in [-0.2, 0) is 4.79 Å². The Morgan fingerprint density at radius 3 is 2.71 bits per heavy atom. The average Bonchev–Trinajstić information content (AvgIpc) is 3.71. The van der Waals surface area contributed by atoms with Gasteiger partial charge in [-0.2, -0.15) is 10.1 Å². The molecule has 0 aliphatic carbocycles. The van der Waals surface area contributed by atoms with E-state index in [2.05, 4.69) is 54.6 Å². The van der Waals surface area contributed by atoms with Gasteiger partial charge in [0.25, 0.3) is 0 Å². The van der Waals surface area contributed by atoms with Gasteiger partial charge in [0, 0.05) is 42.6 Å². The van der Waals surface area contributed by atoms with Crippen molar-refractivity contribution in [3.05, 3.63) is 88.9 Å². The van der Waals surface area contributed by atoms with E-state index in [1.807, 2.05) is 38.2 Å². The Kier molecular flexibility index (Phi) is 6.80. The van der Waals surface area contributed by atoms with Crippen LogP contribution in [0.3, 0.4) is 0 Å². The van der Waals surface area contributed by atoms with Crippen LogP contribution in [0.4, 0.5) is 5.82 Å². The summed E-state index contributed by atoms with van der Waals surface area (Å²) in [5, 5.41) is 10.1. The van der Waals surface area contributed by atoms with E-state index in [4.69, 9.17) is 14.4 Å². The molecule has 1 N–H and O–H groups in total. The molecule has 10 heteroatoms. The van der Waals surface area contributed by atoms with E-state index in [1.165, 1.54) is 6.08 Å². The lowest BCUT2D eigenvalue weighted by molar-refractivity contribution is -0.126. The average molecular weight is 602 g/mol. The molecule has 5 heterocycles. The first-order valence-electron chi connectivity index (χ1n) is 15.2. The summed E-state index contributed by atoms with van der Waals surface area (Å²) in [4.78, 5) is 40.2. The van der Waals surface area contributed by atoms with Gasteiger partial charge in [-0.3, -0.25) is 19.4 Å². The van der Waals surface area contributed by atoms with Gasteiger partial charge in [-0.05, 0) is 79.3 Å². The molecule has 4 aromatic heterocycles. The molecule has 0 radical (unpaired) electrons. The van der Waals surface area contributed by atoms with E-state index in [1.54, 1.807) is 21.9 Å². The summed E-state index contributed by atoms with van der Waals surface area (Å²) >= 11 is 0. The maximum atomic E-state index is 14.4. The highest BCUT2D eigenvalue weighted by Gasteiger charge is 2.31. The molecule has 6 aromatic rings. The quantitative estimate of drug-likeness (QED) is 0.240. The minimum Gasteiger partial charge on any atom is -0.463 e. The van der Waals surface area contributed by atoms with Crippen LogP contribution in [0.1, 0.15) is 43.5 Å². The Morgan fingerprint density at radius 1 is 1.13 bits per heavy atom. The van der Waals surface area contributed by atoms with Crippen molar-refractivity contribution in [2.45, 2.75) is 46.6 Å². The predicted octanol–water partition coefficient (Wildman–Crippen LogP) is 6.03. The predicted molar refractivity (Wildman–Crippen MR) is 177 cm³/mol. The summed E-state index contributed by atoms with van der Waals surface area (Å²) in [6.07, 6.45) is 6.66. The molecular formula is C35H35N7O3. The number of carbonyl (C=O) groups excluding carboxylic acids is 1. The van der Waals surface area contributed by atoms with Crippen LogP contribution in [0.25, 0.3) is 49.6 Å². The smallest absolute Gasteiger partial charge is 0.354 e. The van der Waals surface area contributed by atoms with Gasteiger partial charge in [0.2, 0.25) is 5.91 Å². The Bertz CT molecular complexity index is 2210. The zero-order valence-corrected chi connectivity index (χ0v) is 26.1. The largest absolute Gasteiger partial charge is 0.463 e. The summed E-state index contributed by atoms with van der Waals surface area (Å²) in [7, 11) is 0. The molecular weight excluding hydrogens is 566 g/mol. The second kappa shape index (κ2) is 10.7. The number of aromatic nitrogens is 5. The van der Waals surface area contributed by atoms with Gasteiger partial charge in [-0.15, -0.1) is 0 Å². The summed E-state index contributed by atoms with van der Waals surface area (Å²) in [5.74, 6) is 0.498. The van der Waals surface area contributed by atoms with Gasteiger partial charge in [-0.25, -0.2) is 4.79 Å². The summed E-state index contributed by atoms with van der Waals surface area (Å²) < 4.78 is 8.01. The van der Waals surface area contributed by atoms with Crippen molar-refractivity contribution in [3.63, 3.8) is 0 Å². The molecule has 10 nitrogen and oxygen atoms in total. The molecule has 45 heavy (non-hydrogen) atoms. The summed E-state index contributed by atoms with van der Waals surface area (Å²) in [6, 6.07) is 9.98. The molecule has 1 amide bonds. The molecule has 7 rings (SSSR count). The van der Waals surface area contributed by atoms with E-state index in [0.29, 0.717) is 36.6 Å². The number of furan rings is 1. The Labute approximate surface area is 260 Å². The number of aryl methyl sites for hydroxylation is 2. The first-order chi connectivity index (χ1) is 21.7. The number of piperazine rings is 1. The number of rotatable bonds is 5. The molecule has 1 fully saturated rings. The van der Waals surface area contributed by atoms with E-state index < -0.39 is 5.69 Å². The van der Waals surface area contributed by atoms with E-state index in [9.17, 15) is 9.59 Å². The first kappa shape index (κ1) is 28.5. The van der Waals surface area contributed by atoms with Crippen LogP contribution >= 0.6 is 0 Å². The fourth-order valence-electron chi connectivity index (χ4n) is 6.81. The van der Waals surface area contributed by atoms with Crippen LogP contribution in [0.2, 0.25) is 0 Å². The van der Waals surface area contributed by atoms with Crippen LogP contribution < -0.4 is 10.6 Å². The maximum Gasteiger partial charge on any atom is 0.354 e. The molecule has 0 saturated carbocycles. The summed E-state index contributed by atoms with van der Waals surface area (Å²) in [6.45, 7) is 15.4. The SMILES string of the molecule is C=CC(=O)N1CCN(c2nc(=O)n(-c3c(C)ccnc3C(C)C)c3cc(-c4c(C)ccc5[nH]ncc45)c4ccoc4c23)[C@@H](C)C1. The summed E-state index contributed by atoms with van der Waals surface area (Å²) in [5.41, 5.74) is 7.33. The molecule has 1 aliphatic rings. The number of H-pyrrole nitrogens is 1. The van der Waals surface area contributed by atoms with Crippen molar-refractivity contribution >= 4 is 44.5 Å². The maximum absolute atomic E-state index is 14.4. The lowest BCUT2D eigenvalue weighted by Gasteiger charge is -2.40.